The number of carbonyl (C=O) groups is 3. The smallest absolute Gasteiger partial charge is 0.333 e. The minimum absolute atomic E-state index is 0.101. The Morgan fingerprint density at radius 2 is 1.82 bits per heavy atom. The lowest BCUT2D eigenvalue weighted by Crippen LogP contribution is -2.52. The lowest BCUT2D eigenvalue weighted by atomic mass is 10.1. The summed E-state index contributed by atoms with van der Waals surface area (Å²) in [4.78, 5) is 33.7. The summed E-state index contributed by atoms with van der Waals surface area (Å²) in [7, 11) is 0. The highest BCUT2D eigenvalue weighted by atomic mass is 16.5. The number of nitrogens with one attached hydrogen (secondary N) is 2. The summed E-state index contributed by atoms with van der Waals surface area (Å²) in [6, 6.07) is -0.999. The second-order valence-electron chi connectivity index (χ2n) is 4.35. The van der Waals surface area contributed by atoms with E-state index in [4.69, 9.17) is 10.2 Å². The molecule has 0 aliphatic heterocycles. The summed E-state index contributed by atoms with van der Waals surface area (Å²) in [5.74, 6) is -1.90. The number of aliphatic hydroxyl groups is 4. The SMILES string of the molecule is C=C(C)C(=O)OCCNC(=O)NC(=O)[C@H](O)[C@@H](O)[C@H](O)CO. The van der Waals surface area contributed by atoms with Crippen LogP contribution in [0.1, 0.15) is 6.92 Å². The van der Waals surface area contributed by atoms with Gasteiger partial charge in [-0.25, -0.2) is 9.59 Å². The molecule has 10 heteroatoms. The number of aliphatic hydroxyl groups excluding tert-OH is 4. The first kappa shape index (κ1) is 20.0. The van der Waals surface area contributed by atoms with Gasteiger partial charge in [-0.3, -0.25) is 10.1 Å². The van der Waals surface area contributed by atoms with Gasteiger partial charge in [0.15, 0.2) is 6.10 Å². The third-order valence-corrected chi connectivity index (χ3v) is 2.38. The van der Waals surface area contributed by atoms with Gasteiger partial charge in [0.1, 0.15) is 18.8 Å². The summed E-state index contributed by atoms with van der Waals surface area (Å²) in [5.41, 5.74) is 0.194. The molecule has 0 aromatic heterocycles. The van der Waals surface area contributed by atoms with Gasteiger partial charge >= 0.3 is 12.0 Å². The van der Waals surface area contributed by atoms with E-state index in [1.807, 2.05) is 0 Å². The summed E-state index contributed by atoms with van der Waals surface area (Å²) >= 11 is 0. The zero-order valence-corrected chi connectivity index (χ0v) is 12.0. The van der Waals surface area contributed by atoms with Crippen molar-refractivity contribution in [3.8, 4) is 0 Å². The lowest BCUT2D eigenvalue weighted by molar-refractivity contribution is -0.141. The number of ether oxygens (including phenoxy) is 1. The second-order valence-corrected chi connectivity index (χ2v) is 4.35. The van der Waals surface area contributed by atoms with Crippen molar-refractivity contribution in [1.29, 1.82) is 0 Å². The molecule has 0 spiro atoms. The number of esters is 1. The van der Waals surface area contributed by atoms with Crippen LogP contribution in [0.4, 0.5) is 4.79 Å². The van der Waals surface area contributed by atoms with E-state index < -0.39 is 42.8 Å². The van der Waals surface area contributed by atoms with Crippen molar-refractivity contribution in [2.75, 3.05) is 19.8 Å². The quantitative estimate of drug-likeness (QED) is 0.156. The van der Waals surface area contributed by atoms with Crippen LogP contribution in [0.25, 0.3) is 0 Å². The Kier molecular flexibility index (Phi) is 8.94. The Hall–Kier alpha value is -2.01. The molecule has 0 bridgehead atoms. The molecule has 0 aromatic rings. The molecule has 6 N–H and O–H groups in total. The Morgan fingerprint density at radius 3 is 2.32 bits per heavy atom. The normalized spacial score (nSPS) is 14.4. The lowest BCUT2D eigenvalue weighted by Gasteiger charge is -2.20. The van der Waals surface area contributed by atoms with Crippen LogP contribution in [0.3, 0.4) is 0 Å². The maximum absolute atomic E-state index is 11.4. The van der Waals surface area contributed by atoms with E-state index in [0.717, 1.165) is 0 Å². The fraction of sp³-hybridized carbons (Fsp3) is 0.583. The van der Waals surface area contributed by atoms with Gasteiger partial charge < -0.3 is 30.5 Å². The summed E-state index contributed by atoms with van der Waals surface area (Å²) < 4.78 is 4.67. The largest absolute Gasteiger partial charge is 0.460 e. The summed E-state index contributed by atoms with van der Waals surface area (Å²) in [6.45, 7) is 3.69. The predicted octanol–water partition coefficient (Wildman–Crippen LogP) is -2.99. The third-order valence-electron chi connectivity index (χ3n) is 2.38. The molecule has 3 amide bonds. The maximum atomic E-state index is 11.4. The van der Waals surface area contributed by atoms with Gasteiger partial charge in [-0.2, -0.15) is 0 Å². The molecule has 0 saturated carbocycles. The van der Waals surface area contributed by atoms with Crippen molar-refractivity contribution < 1.29 is 39.5 Å². The molecule has 126 valence electrons. The van der Waals surface area contributed by atoms with Gasteiger partial charge in [-0.05, 0) is 6.92 Å². The molecule has 0 rings (SSSR count). The van der Waals surface area contributed by atoms with E-state index in [0.29, 0.717) is 0 Å². The minimum Gasteiger partial charge on any atom is -0.460 e. The van der Waals surface area contributed by atoms with E-state index in [1.54, 1.807) is 5.32 Å². The highest BCUT2D eigenvalue weighted by Gasteiger charge is 2.30. The minimum atomic E-state index is -2.10. The van der Waals surface area contributed by atoms with E-state index in [1.165, 1.54) is 6.92 Å². The number of hydrogen-bond donors (Lipinski definition) is 6. The highest BCUT2D eigenvalue weighted by Crippen LogP contribution is 2.00. The molecule has 0 radical (unpaired) electrons. The summed E-state index contributed by atoms with van der Waals surface area (Å²) in [5, 5.41) is 40.1. The van der Waals surface area contributed by atoms with Crippen molar-refractivity contribution in [3.63, 3.8) is 0 Å². The van der Waals surface area contributed by atoms with E-state index >= 15 is 0 Å². The van der Waals surface area contributed by atoms with E-state index in [9.17, 15) is 24.6 Å². The van der Waals surface area contributed by atoms with Crippen molar-refractivity contribution in [1.82, 2.24) is 10.6 Å². The van der Waals surface area contributed by atoms with E-state index in [-0.39, 0.29) is 18.7 Å². The van der Waals surface area contributed by atoms with Crippen LogP contribution in [-0.4, -0.2) is 76.4 Å². The first-order valence-electron chi connectivity index (χ1n) is 6.27. The molecule has 0 aliphatic rings. The van der Waals surface area contributed by atoms with Crippen molar-refractivity contribution in [2.24, 2.45) is 0 Å². The fourth-order valence-electron chi connectivity index (χ4n) is 1.14. The Bertz CT molecular complexity index is 425. The van der Waals surface area contributed by atoms with E-state index in [2.05, 4.69) is 16.6 Å². The zero-order chi connectivity index (χ0) is 17.3. The maximum Gasteiger partial charge on any atom is 0.333 e. The monoisotopic (exact) mass is 320 g/mol. The van der Waals surface area contributed by atoms with Crippen LogP contribution in [0.2, 0.25) is 0 Å². The fourth-order valence-corrected chi connectivity index (χ4v) is 1.14. The molecular weight excluding hydrogens is 300 g/mol. The number of amides is 3. The Balaban J connectivity index is 4.08. The van der Waals surface area contributed by atoms with Gasteiger partial charge in [0.2, 0.25) is 0 Å². The van der Waals surface area contributed by atoms with Crippen LogP contribution in [0.5, 0.6) is 0 Å². The van der Waals surface area contributed by atoms with Crippen molar-refractivity contribution in [3.05, 3.63) is 12.2 Å². The van der Waals surface area contributed by atoms with Gasteiger partial charge in [-0.1, -0.05) is 6.58 Å². The molecule has 0 heterocycles. The number of imide groups is 1. The van der Waals surface area contributed by atoms with Crippen molar-refractivity contribution in [2.45, 2.75) is 25.2 Å². The molecule has 0 saturated heterocycles. The zero-order valence-electron chi connectivity index (χ0n) is 12.0. The second kappa shape index (κ2) is 9.84. The third kappa shape index (κ3) is 7.13. The molecule has 0 unspecified atom stereocenters. The van der Waals surface area contributed by atoms with Crippen LogP contribution in [0, 0.1) is 0 Å². The molecule has 3 atom stereocenters. The number of hydrogen-bond acceptors (Lipinski definition) is 8. The number of urea groups is 1. The standard InChI is InChI=1S/C12H20N2O8/c1-6(2)11(20)22-4-3-13-12(21)14-10(19)9(18)8(17)7(16)5-15/h7-9,15-18H,1,3-5H2,2H3,(H2,13,14,19,21)/t7-,8+,9-/m1/s1. The molecule has 0 aliphatic carbocycles. The first-order valence-corrected chi connectivity index (χ1v) is 6.27. The van der Waals surface area contributed by atoms with Gasteiger partial charge in [0, 0.05) is 5.57 Å². The summed E-state index contributed by atoms with van der Waals surface area (Å²) in [6.07, 6.45) is -5.78. The average Bonchev–Trinajstić information content (AvgIpc) is 2.48. The molecule has 0 fully saturated rings. The molecule has 10 nitrogen and oxygen atoms in total. The number of rotatable bonds is 8. The van der Waals surface area contributed by atoms with Crippen LogP contribution < -0.4 is 10.6 Å². The Labute approximate surface area is 126 Å². The topological polar surface area (TPSA) is 165 Å². The van der Waals surface area contributed by atoms with Crippen LogP contribution >= 0.6 is 0 Å². The van der Waals surface area contributed by atoms with Gasteiger partial charge in [0.05, 0.1) is 13.2 Å². The molecule has 22 heavy (non-hydrogen) atoms. The number of carbonyl (C=O) groups excluding carboxylic acids is 3. The Morgan fingerprint density at radius 1 is 1.23 bits per heavy atom. The highest BCUT2D eigenvalue weighted by molar-refractivity contribution is 5.96. The first-order chi connectivity index (χ1) is 10.2. The van der Waals surface area contributed by atoms with Crippen molar-refractivity contribution >= 4 is 17.9 Å². The van der Waals surface area contributed by atoms with Gasteiger partial charge in [0.25, 0.3) is 5.91 Å². The molecule has 0 aromatic carbocycles. The average molecular weight is 320 g/mol. The van der Waals surface area contributed by atoms with Crippen LogP contribution in [-0.2, 0) is 14.3 Å². The molecular formula is C12H20N2O8. The van der Waals surface area contributed by atoms with Gasteiger partial charge in [-0.15, -0.1) is 0 Å². The predicted molar refractivity (Wildman–Crippen MR) is 72.4 cm³/mol. The van der Waals surface area contributed by atoms with Crippen LogP contribution in [0.15, 0.2) is 12.2 Å².